The van der Waals surface area contributed by atoms with Crippen LogP contribution in [0.25, 0.3) is 0 Å². The van der Waals surface area contributed by atoms with Gasteiger partial charge in [0.25, 0.3) is 5.91 Å². The Labute approximate surface area is 115 Å². The van der Waals surface area contributed by atoms with Gasteiger partial charge < -0.3 is 9.80 Å². The lowest BCUT2D eigenvalue weighted by atomic mass is 10.2. The molecule has 0 spiro atoms. The fourth-order valence-electron chi connectivity index (χ4n) is 2.12. The molecule has 6 heteroatoms. The predicted molar refractivity (Wildman–Crippen MR) is 70.2 cm³/mol. The first-order chi connectivity index (χ1) is 9.29. The van der Waals surface area contributed by atoms with Crippen LogP contribution in [0.5, 0.6) is 0 Å². The average molecular weight is 284 g/mol. The molecule has 1 aromatic rings. The van der Waals surface area contributed by atoms with Crippen LogP contribution in [-0.2, 0) is 11.0 Å². The zero-order chi connectivity index (χ0) is 14.9. The molecule has 1 aliphatic heterocycles. The van der Waals surface area contributed by atoms with Crippen LogP contribution in [0.3, 0.4) is 0 Å². The minimum absolute atomic E-state index is 0.154. The Kier molecular flexibility index (Phi) is 3.74. The Morgan fingerprint density at radius 2 is 1.80 bits per heavy atom. The summed E-state index contributed by atoms with van der Waals surface area (Å²) in [6, 6.07) is 4.66. The van der Waals surface area contributed by atoms with Gasteiger partial charge in [-0.05, 0) is 30.7 Å². The van der Waals surface area contributed by atoms with E-state index in [-0.39, 0.29) is 5.91 Å². The van der Waals surface area contributed by atoms with Crippen LogP contribution in [0.2, 0.25) is 0 Å². The number of hydrogen-bond donors (Lipinski definition) is 0. The lowest BCUT2D eigenvalue weighted by molar-refractivity contribution is -0.137. The molecule has 108 valence electrons. The third kappa shape index (κ3) is 2.95. The summed E-state index contributed by atoms with van der Waals surface area (Å²) in [5, 5.41) is 0. The summed E-state index contributed by atoms with van der Waals surface area (Å²) in [5.74, 6) is -0.154. The Morgan fingerprint density at radius 1 is 1.20 bits per heavy atom. The summed E-state index contributed by atoms with van der Waals surface area (Å²) >= 11 is 0. The van der Waals surface area contributed by atoms with Crippen molar-refractivity contribution >= 4 is 11.6 Å². The highest BCUT2D eigenvalue weighted by Crippen LogP contribution is 2.32. The van der Waals surface area contributed by atoms with Crippen molar-refractivity contribution in [1.29, 1.82) is 0 Å². The maximum atomic E-state index is 12.5. The number of carbonyl (C=O) groups excluding carboxylic acids is 1. The van der Waals surface area contributed by atoms with E-state index >= 15 is 0 Å². The summed E-state index contributed by atoms with van der Waals surface area (Å²) < 4.78 is 37.5. The third-order valence-corrected chi connectivity index (χ3v) is 3.04. The van der Waals surface area contributed by atoms with E-state index in [0.717, 1.165) is 12.1 Å². The number of halogens is 3. The Morgan fingerprint density at radius 3 is 2.30 bits per heavy atom. The number of rotatable bonds is 2. The molecule has 0 radical (unpaired) electrons. The van der Waals surface area contributed by atoms with Gasteiger partial charge in [-0.15, -0.1) is 0 Å². The summed E-state index contributed by atoms with van der Waals surface area (Å²) in [4.78, 5) is 15.4. The van der Waals surface area contributed by atoms with Gasteiger partial charge in [0.15, 0.2) is 0 Å². The van der Waals surface area contributed by atoms with Gasteiger partial charge >= 0.3 is 6.18 Å². The molecular formula is C14H15F3N2O. The van der Waals surface area contributed by atoms with Gasteiger partial charge in [0.2, 0.25) is 0 Å². The number of amides is 1. The monoisotopic (exact) mass is 284 g/mol. The molecule has 1 aromatic carbocycles. The van der Waals surface area contributed by atoms with Crippen molar-refractivity contribution in [2.45, 2.75) is 12.6 Å². The highest BCUT2D eigenvalue weighted by molar-refractivity contribution is 6.08. The van der Waals surface area contributed by atoms with Crippen LogP contribution >= 0.6 is 0 Å². The Hall–Kier alpha value is -1.98. The fourth-order valence-corrected chi connectivity index (χ4v) is 2.12. The summed E-state index contributed by atoms with van der Waals surface area (Å²) in [6.07, 6.45) is -2.02. The lowest BCUT2D eigenvalue weighted by Gasteiger charge is -2.16. The molecule has 0 unspecified atom stereocenters. The summed E-state index contributed by atoms with van der Waals surface area (Å²) in [5.41, 5.74) is 0.442. The van der Waals surface area contributed by atoms with Crippen molar-refractivity contribution in [3.63, 3.8) is 0 Å². The first-order valence-corrected chi connectivity index (χ1v) is 6.15. The number of anilines is 1. The molecule has 2 rings (SSSR count). The fraction of sp³-hybridized carbons (Fsp3) is 0.357. The molecule has 1 fully saturated rings. The maximum Gasteiger partial charge on any atom is 0.416 e. The van der Waals surface area contributed by atoms with Crippen molar-refractivity contribution in [2.75, 3.05) is 25.5 Å². The molecule has 20 heavy (non-hydrogen) atoms. The summed E-state index contributed by atoms with van der Waals surface area (Å²) in [6.45, 7) is 0.490. The molecule has 0 N–H and O–H groups in total. The zero-order valence-corrected chi connectivity index (χ0v) is 11.2. The quantitative estimate of drug-likeness (QED) is 0.780. The van der Waals surface area contributed by atoms with E-state index in [1.807, 2.05) is 14.1 Å². The highest BCUT2D eigenvalue weighted by Gasteiger charge is 2.31. The molecule has 0 saturated carbocycles. The molecular weight excluding hydrogens is 269 g/mol. The van der Waals surface area contributed by atoms with Gasteiger partial charge in [0.05, 0.1) is 5.56 Å². The van der Waals surface area contributed by atoms with Gasteiger partial charge in [-0.25, -0.2) is 0 Å². The largest absolute Gasteiger partial charge is 0.416 e. The van der Waals surface area contributed by atoms with Crippen LogP contribution in [0.4, 0.5) is 18.9 Å². The average Bonchev–Trinajstić information content (AvgIpc) is 2.69. The molecule has 1 heterocycles. The summed E-state index contributed by atoms with van der Waals surface area (Å²) in [7, 11) is 3.64. The predicted octanol–water partition coefficient (Wildman–Crippen LogP) is 2.89. The van der Waals surface area contributed by atoms with Gasteiger partial charge in [-0.2, -0.15) is 13.2 Å². The molecule has 0 aliphatic carbocycles. The smallest absolute Gasteiger partial charge is 0.383 e. The highest BCUT2D eigenvalue weighted by atomic mass is 19.4. The number of carbonyl (C=O) groups is 1. The number of hydrogen-bond acceptors (Lipinski definition) is 2. The molecule has 0 bridgehead atoms. The van der Waals surface area contributed by atoms with Gasteiger partial charge in [0.1, 0.15) is 0 Å². The van der Waals surface area contributed by atoms with Crippen LogP contribution in [0.15, 0.2) is 36.0 Å². The SMILES string of the molecule is CN(C)C=C1CCN(c2ccc(C(F)(F)F)cc2)C1=O. The molecule has 0 aromatic heterocycles. The maximum absolute atomic E-state index is 12.5. The van der Waals surface area contributed by atoms with E-state index in [2.05, 4.69) is 0 Å². The van der Waals surface area contributed by atoms with Crippen molar-refractivity contribution in [3.05, 3.63) is 41.6 Å². The van der Waals surface area contributed by atoms with Crippen LogP contribution in [0, 0.1) is 0 Å². The molecule has 0 atom stereocenters. The van der Waals surface area contributed by atoms with Crippen molar-refractivity contribution in [1.82, 2.24) is 4.90 Å². The minimum Gasteiger partial charge on any atom is -0.383 e. The topological polar surface area (TPSA) is 23.6 Å². The van der Waals surface area contributed by atoms with E-state index in [4.69, 9.17) is 0 Å². The Bertz CT molecular complexity index is 532. The lowest BCUT2D eigenvalue weighted by Crippen LogP contribution is -2.24. The van der Waals surface area contributed by atoms with Gasteiger partial charge in [-0.1, -0.05) is 0 Å². The van der Waals surface area contributed by atoms with Crippen molar-refractivity contribution < 1.29 is 18.0 Å². The Balaban J connectivity index is 2.20. The van der Waals surface area contributed by atoms with Crippen LogP contribution < -0.4 is 4.90 Å². The van der Waals surface area contributed by atoms with Crippen LogP contribution in [0.1, 0.15) is 12.0 Å². The second-order valence-corrected chi connectivity index (χ2v) is 4.87. The molecule has 3 nitrogen and oxygen atoms in total. The van der Waals surface area contributed by atoms with Crippen molar-refractivity contribution in [2.24, 2.45) is 0 Å². The van der Waals surface area contributed by atoms with E-state index in [1.54, 1.807) is 11.1 Å². The second kappa shape index (κ2) is 5.19. The van der Waals surface area contributed by atoms with E-state index in [1.165, 1.54) is 17.0 Å². The minimum atomic E-state index is -4.36. The molecule has 1 amide bonds. The van der Waals surface area contributed by atoms with E-state index < -0.39 is 11.7 Å². The number of alkyl halides is 3. The number of nitrogens with zero attached hydrogens (tertiary/aromatic N) is 2. The zero-order valence-electron chi connectivity index (χ0n) is 11.2. The first-order valence-electron chi connectivity index (χ1n) is 6.15. The van der Waals surface area contributed by atoms with Crippen molar-refractivity contribution in [3.8, 4) is 0 Å². The number of benzene rings is 1. The van der Waals surface area contributed by atoms with E-state index in [0.29, 0.717) is 24.2 Å². The van der Waals surface area contributed by atoms with Crippen LogP contribution in [-0.4, -0.2) is 31.4 Å². The van der Waals surface area contributed by atoms with Gasteiger partial charge in [-0.3, -0.25) is 4.79 Å². The molecule has 1 aliphatic rings. The molecule has 1 saturated heterocycles. The third-order valence-electron chi connectivity index (χ3n) is 3.04. The van der Waals surface area contributed by atoms with Gasteiger partial charge in [0, 0.05) is 38.1 Å². The normalized spacial score (nSPS) is 17.9. The standard InChI is InChI=1S/C14H15F3N2O/c1-18(2)9-10-7-8-19(13(10)20)12-5-3-11(4-6-12)14(15,16)17/h3-6,9H,7-8H2,1-2H3. The first kappa shape index (κ1) is 14.4. The van der Waals surface area contributed by atoms with E-state index in [9.17, 15) is 18.0 Å². The second-order valence-electron chi connectivity index (χ2n) is 4.87.